The highest BCUT2D eigenvalue weighted by atomic mass is 16.5. The zero-order valence-electron chi connectivity index (χ0n) is 11.9. The van der Waals surface area contributed by atoms with Crippen molar-refractivity contribution in [3.05, 3.63) is 30.0 Å². The molecule has 20 heavy (non-hydrogen) atoms. The maximum Gasteiger partial charge on any atom is 0.0719 e. The summed E-state index contributed by atoms with van der Waals surface area (Å²) in [6.07, 6.45) is 3.12. The molecule has 3 N–H and O–H groups in total. The number of benzene rings is 1. The van der Waals surface area contributed by atoms with Gasteiger partial charge in [-0.3, -0.25) is 16.0 Å². The molecule has 0 bridgehead atoms. The molecule has 0 spiro atoms. The van der Waals surface area contributed by atoms with Crippen molar-refractivity contribution in [2.24, 2.45) is 18.8 Å². The van der Waals surface area contributed by atoms with Crippen LogP contribution in [-0.2, 0) is 18.2 Å². The van der Waals surface area contributed by atoms with Gasteiger partial charge in [0, 0.05) is 31.5 Å². The molecule has 1 aliphatic rings. The third-order valence-electron chi connectivity index (χ3n) is 4.23. The molecule has 2 unspecified atom stereocenters. The van der Waals surface area contributed by atoms with E-state index in [9.17, 15) is 0 Å². The van der Waals surface area contributed by atoms with Gasteiger partial charge in [0.05, 0.1) is 17.8 Å². The first kappa shape index (κ1) is 13.5. The Labute approximate surface area is 119 Å². The standard InChI is InChI=1S/C15H22N4O/c1-19-15-7-3-2-6-12(15)14(18-19)9-13(17-16)11-5-4-8-20-10-11/h2-3,6-7,11,13,17H,4-5,8-10,16H2,1H3. The summed E-state index contributed by atoms with van der Waals surface area (Å²) in [7, 11) is 1.99. The van der Waals surface area contributed by atoms with Crippen LogP contribution in [0, 0.1) is 5.92 Å². The third kappa shape index (κ3) is 2.57. The highest BCUT2D eigenvalue weighted by Gasteiger charge is 2.25. The summed E-state index contributed by atoms with van der Waals surface area (Å²) in [5, 5.41) is 5.87. The summed E-state index contributed by atoms with van der Waals surface area (Å²) in [6.45, 7) is 1.67. The van der Waals surface area contributed by atoms with Crippen LogP contribution < -0.4 is 11.3 Å². The molecule has 2 aromatic rings. The van der Waals surface area contributed by atoms with Crippen LogP contribution in [0.15, 0.2) is 24.3 Å². The number of hydrogen-bond donors (Lipinski definition) is 2. The van der Waals surface area contributed by atoms with Gasteiger partial charge in [-0.25, -0.2) is 0 Å². The zero-order valence-corrected chi connectivity index (χ0v) is 11.9. The van der Waals surface area contributed by atoms with E-state index in [0.717, 1.165) is 37.3 Å². The molecule has 1 saturated heterocycles. The smallest absolute Gasteiger partial charge is 0.0719 e. The number of hydrazine groups is 1. The van der Waals surface area contributed by atoms with Gasteiger partial charge >= 0.3 is 0 Å². The van der Waals surface area contributed by atoms with Gasteiger partial charge in [-0.2, -0.15) is 5.10 Å². The molecule has 1 aromatic carbocycles. The number of nitrogens with two attached hydrogens (primary N) is 1. The van der Waals surface area contributed by atoms with Crippen molar-refractivity contribution in [1.29, 1.82) is 0 Å². The number of rotatable bonds is 4. The van der Waals surface area contributed by atoms with Crippen molar-refractivity contribution in [3.8, 4) is 0 Å². The summed E-state index contributed by atoms with van der Waals surface area (Å²) < 4.78 is 7.51. The Balaban J connectivity index is 1.83. The first-order valence-corrected chi connectivity index (χ1v) is 7.24. The number of ether oxygens (including phenoxy) is 1. The van der Waals surface area contributed by atoms with Crippen LogP contribution in [0.1, 0.15) is 18.5 Å². The third-order valence-corrected chi connectivity index (χ3v) is 4.23. The molecule has 1 aliphatic heterocycles. The van der Waals surface area contributed by atoms with Gasteiger partial charge in [0.2, 0.25) is 0 Å². The second-order valence-electron chi connectivity index (χ2n) is 5.54. The van der Waals surface area contributed by atoms with Crippen molar-refractivity contribution in [2.45, 2.75) is 25.3 Å². The number of aryl methyl sites for hydroxylation is 1. The minimum absolute atomic E-state index is 0.216. The lowest BCUT2D eigenvalue weighted by Gasteiger charge is -2.29. The number of nitrogens with one attached hydrogen (secondary N) is 1. The SMILES string of the molecule is Cn1nc(CC(NN)C2CCCOC2)c2ccccc21. The van der Waals surface area contributed by atoms with Gasteiger partial charge in [0.15, 0.2) is 0 Å². The molecular formula is C15H22N4O. The maximum atomic E-state index is 5.76. The second-order valence-corrected chi connectivity index (χ2v) is 5.54. The van der Waals surface area contributed by atoms with E-state index >= 15 is 0 Å². The second kappa shape index (κ2) is 5.91. The van der Waals surface area contributed by atoms with Crippen LogP contribution in [0.3, 0.4) is 0 Å². The van der Waals surface area contributed by atoms with Crippen LogP contribution in [0.2, 0.25) is 0 Å². The van der Waals surface area contributed by atoms with Crippen molar-refractivity contribution in [1.82, 2.24) is 15.2 Å². The lowest BCUT2D eigenvalue weighted by molar-refractivity contribution is 0.0392. The average molecular weight is 274 g/mol. The van der Waals surface area contributed by atoms with Gasteiger partial charge in [-0.1, -0.05) is 18.2 Å². The van der Waals surface area contributed by atoms with Crippen molar-refractivity contribution < 1.29 is 4.74 Å². The summed E-state index contributed by atoms with van der Waals surface area (Å²) in [5.74, 6) is 6.23. The van der Waals surface area contributed by atoms with Crippen LogP contribution in [-0.4, -0.2) is 29.0 Å². The minimum atomic E-state index is 0.216. The predicted molar refractivity (Wildman–Crippen MR) is 79.1 cm³/mol. The fourth-order valence-electron chi connectivity index (χ4n) is 3.09. The van der Waals surface area contributed by atoms with Crippen LogP contribution in [0.25, 0.3) is 10.9 Å². The van der Waals surface area contributed by atoms with Crippen molar-refractivity contribution in [2.75, 3.05) is 13.2 Å². The van der Waals surface area contributed by atoms with E-state index in [2.05, 4.69) is 28.7 Å². The van der Waals surface area contributed by atoms with Gasteiger partial charge in [-0.15, -0.1) is 0 Å². The zero-order chi connectivity index (χ0) is 13.9. The van der Waals surface area contributed by atoms with Gasteiger partial charge in [-0.05, 0) is 24.8 Å². The molecule has 1 fully saturated rings. The van der Waals surface area contributed by atoms with Crippen LogP contribution >= 0.6 is 0 Å². The van der Waals surface area contributed by atoms with E-state index in [0.29, 0.717) is 5.92 Å². The molecule has 2 heterocycles. The number of fused-ring (bicyclic) bond motifs is 1. The lowest BCUT2D eigenvalue weighted by Crippen LogP contribution is -2.45. The molecule has 0 aliphatic carbocycles. The topological polar surface area (TPSA) is 65.1 Å². The first-order valence-electron chi connectivity index (χ1n) is 7.24. The fourth-order valence-corrected chi connectivity index (χ4v) is 3.09. The highest BCUT2D eigenvalue weighted by molar-refractivity contribution is 5.81. The number of hydrogen-bond acceptors (Lipinski definition) is 4. The molecule has 0 saturated carbocycles. The summed E-state index contributed by atoms with van der Waals surface area (Å²) in [4.78, 5) is 0. The molecular weight excluding hydrogens is 252 g/mol. The Morgan fingerprint density at radius 3 is 3.10 bits per heavy atom. The van der Waals surface area contributed by atoms with Crippen molar-refractivity contribution >= 4 is 10.9 Å². The fraction of sp³-hybridized carbons (Fsp3) is 0.533. The number of aromatic nitrogens is 2. The summed E-state index contributed by atoms with van der Waals surface area (Å²) in [6, 6.07) is 8.54. The quantitative estimate of drug-likeness (QED) is 0.653. The van der Waals surface area contributed by atoms with E-state index in [1.807, 2.05) is 17.8 Å². The van der Waals surface area contributed by atoms with E-state index in [1.165, 1.54) is 11.8 Å². The summed E-state index contributed by atoms with van der Waals surface area (Å²) >= 11 is 0. The van der Waals surface area contributed by atoms with Gasteiger partial charge in [0.1, 0.15) is 0 Å². The molecule has 108 valence electrons. The predicted octanol–water partition coefficient (Wildman–Crippen LogP) is 1.37. The molecule has 3 rings (SSSR count). The lowest BCUT2D eigenvalue weighted by atomic mass is 9.90. The van der Waals surface area contributed by atoms with Gasteiger partial charge in [0.25, 0.3) is 0 Å². The van der Waals surface area contributed by atoms with Gasteiger partial charge < -0.3 is 4.74 Å². The van der Waals surface area contributed by atoms with E-state index < -0.39 is 0 Å². The highest BCUT2D eigenvalue weighted by Crippen LogP contribution is 2.23. The maximum absolute atomic E-state index is 5.76. The van der Waals surface area contributed by atoms with E-state index in [-0.39, 0.29) is 6.04 Å². The Morgan fingerprint density at radius 1 is 1.50 bits per heavy atom. The number of nitrogens with zero attached hydrogens (tertiary/aromatic N) is 2. The monoisotopic (exact) mass is 274 g/mol. The van der Waals surface area contributed by atoms with Crippen LogP contribution in [0.4, 0.5) is 0 Å². The van der Waals surface area contributed by atoms with Crippen LogP contribution in [0.5, 0.6) is 0 Å². The van der Waals surface area contributed by atoms with Crippen molar-refractivity contribution in [3.63, 3.8) is 0 Å². The number of para-hydroxylation sites is 1. The average Bonchev–Trinajstić information content (AvgIpc) is 2.82. The molecule has 0 radical (unpaired) electrons. The molecule has 5 nitrogen and oxygen atoms in total. The normalized spacial score (nSPS) is 21.2. The first-order chi connectivity index (χ1) is 9.79. The molecule has 1 aromatic heterocycles. The molecule has 0 amide bonds. The Bertz CT molecular complexity index is 574. The minimum Gasteiger partial charge on any atom is -0.381 e. The Kier molecular flexibility index (Phi) is 4.00. The molecule has 5 heteroatoms. The van der Waals surface area contributed by atoms with E-state index in [1.54, 1.807) is 0 Å². The Morgan fingerprint density at radius 2 is 2.35 bits per heavy atom. The molecule has 2 atom stereocenters. The van der Waals surface area contributed by atoms with E-state index in [4.69, 9.17) is 10.6 Å². The largest absolute Gasteiger partial charge is 0.381 e. The summed E-state index contributed by atoms with van der Waals surface area (Å²) in [5.41, 5.74) is 5.24. The Hall–Kier alpha value is -1.43.